The van der Waals surface area contributed by atoms with Gasteiger partial charge in [0.2, 0.25) is 11.7 Å². The number of furan rings is 1. The van der Waals surface area contributed by atoms with E-state index in [-0.39, 0.29) is 17.3 Å². The van der Waals surface area contributed by atoms with Crippen molar-refractivity contribution >= 4 is 11.6 Å². The van der Waals surface area contributed by atoms with Crippen LogP contribution in [-0.2, 0) is 0 Å². The molecule has 20 heavy (non-hydrogen) atoms. The van der Waals surface area contributed by atoms with Gasteiger partial charge in [0, 0.05) is 29.6 Å². The zero-order chi connectivity index (χ0) is 13.7. The van der Waals surface area contributed by atoms with Gasteiger partial charge in [-0.15, -0.1) is 0 Å². The maximum Gasteiger partial charge on any atom is 0.229 e. The van der Waals surface area contributed by atoms with Gasteiger partial charge in [-0.05, 0) is 0 Å². The molecule has 1 aliphatic carbocycles. The highest BCUT2D eigenvalue weighted by Gasteiger charge is 2.33. The largest absolute Gasteiger partial charge is 0.435 e. The summed E-state index contributed by atoms with van der Waals surface area (Å²) in [6.07, 6.45) is 4.83. The third-order valence-electron chi connectivity index (χ3n) is 3.35. The van der Waals surface area contributed by atoms with Crippen molar-refractivity contribution in [2.75, 3.05) is 0 Å². The second-order valence-electron chi connectivity index (χ2n) is 4.50. The molecule has 0 aliphatic heterocycles. The molecule has 5 nitrogen and oxygen atoms in total. The average molecular weight is 264 g/mol. The maximum atomic E-state index is 12.4. The van der Waals surface area contributed by atoms with E-state index in [1.54, 1.807) is 53.6 Å². The molecule has 0 radical (unpaired) electrons. The second kappa shape index (κ2) is 3.77. The van der Waals surface area contributed by atoms with Crippen LogP contribution in [0.1, 0.15) is 32.0 Å². The van der Waals surface area contributed by atoms with Crippen LogP contribution in [-0.4, -0.2) is 21.1 Å². The number of hydrogen-bond acceptors (Lipinski definition) is 4. The van der Waals surface area contributed by atoms with Gasteiger partial charge in [0.05, 0.1) is 5.56 Å². The molecule has 0 amide bonds. The first-order chi connectivity index (χ1) is 9.75. The van der Waals surface area contributed by atoms with Gasteiger partial charge in [-0.3, -0.25) is 14.2 Å². The summed E-state index contributed by atoms with van der Waals surface area (Å²) >= 11 is 0. The van der Waals surface area contributed by atoms with E-state index in [4.69, 9.17) is 4.42 Å². The van der Waals surface area contributed by atoms with Crippen LogP contribution in [0.4, 0.5) is 0 Å². The number of carbonyl (C=O) groups excluding carboxylic acids is 2. The van der Waals surface area contributed by atoms with E-state index in [0.717, 1.165) is 0 Å². The molecule has 1 aromatic carbocycles. The van der Waals surface area contributed by atoms with Crippen molar-refractivity contribution in [2.45, 2.75) is 0 Å². The smallest absolute Gasteiger partial charge is 0.229 e. The molecule has 0 saturated carbocycles. The molecule has 0 unspecified atom stereocenters. The van der Waals surface area contributed by atoms with Crippen molar-refractivity contribution in [3.8, 4) is 5.88 Å². The first-order valence-electron chi connectivity index (χ1n) is 6.06. The number of carbonyl (C=O) groups is 2. The van der Waals surface area contributed by atoms with Crippen molar-refractivity contribution < 1.29 is 14.0 Å². The number of imidazole rings is 1. The SMILES string of the molecule is O=C1c2ccccc2C(=O)c2oc(-n3ccnc3)cc21. The predicted molar refractivity (Wildman–Crippen MR) is 69.1 cm³/mol. The zero-order valence-electron chi connectivity index (χ0n) is 10.2. The van der Waals surface area contributed by atoms with E-state index in [0.29, 0.717) is 22.6 Å². The van der Waals surface area contributed by atoms with Crippen LogP contribution in [0.25, 0.3) is 5.88 Å². The quantitative estimate of drug-likeness (QED) is 0.529. The summed E-state index contributed by atoms with van der Waals surface area (Å²) in [5.74, 6) is 0.0475. The van der Waals surface area contributed by atoms with E-state index >= 15 is 0 Å². The summed E-state index contributed by atoms with van der Waals surface area (Å²) in [7, 11) is 0. The highest BCUT2D eigenvalue weighted by Crippen LogP contribution is 2.30. The minimum absolute atomic E-state index is 0.0948. The van der Waals surface area contributed by atoms with Crippen molar-refractivity contribution in [3.05, 3.63) is 71.5 Å². The van der Waals surface area contributed by atoms with E-state index in [1.165, 1.54) is 0 Å². The second-order valence-corrected chi connectivity index (χ2v) is 4.50. The van der Waals surface area contributed by atoms with Crippen molar-refractivity contribution in [2.24, 2.45) is 0 Å². The predicted octanol–water partition coefficient (Wildman–Crippen LogP) is 2.24. The highest BCUT2D eigenvalue weighted by molar-refractivity contribution is 6.27. The Morgan fingerprint density at radius 1 is 1.00 bits per heavy atom. The summed E-state index contributed by atoms with van der Waals surface area (Å²) in [6, 6.07) is 8.34. The van der Waals surface area contributed by atoms with Crippen LogP contribution >= 0.6 is 0 Å². The third kappa shape index (κ3) is 1.34. The Morgan fingerprint density at radius 3 is 2.45 bits per heavy atom. The molecule has 1 aliphatic rings. The number of ketones is 2. The summed E-state index contributed by atoms with van der Waals surface area (Å²) in [4.78, 5) is 28.7. The van der Waals surface area contributed by atoms with E-state index in [1.807, 2.05) is 0 Å². The Morgan fingerprint density at radius 2 is 1.75 bits per heavy atom. The minimum Gasteiger partial charge on any atom is -0.435 e. The fourth-order valence-electron chi connectivity index (χ4n) is 2.38. The standard InChI is InChI=1S/C15H8N2O3/c18-13-9-3-1-2-4-10(9)14(19)15-11(13)7-12(20-15)17-6-5-16-8-17/h1-8H. The fourth-order valence-corrected chi connectivity index (χ4v) is 2.38. The van der Waals surface area contributed by atoms with Crippen molar-refractivity contribution in [1.29, 1.82) is 0 Å². The molecule has 0 N–H and O–H groups in total. The molecule has 0 fully saturated rings. The van der Waals surface area contributed by atoms with Gasteiger partial charge in [-0.1, -0.05) is 24.3 Å². The Bertz CT molecular complexity index is 791. The molecule has 4 rings (SSSR count). The lowest BCUT2D eigenvalue weighted by molar-refractivity contribution is 0.0960. The Balaban J connectivity index is 1.94. The van der Waals surface area contributed by atoms with Gasteiger partial charge in [-0.2, -0.15) is 0 Å². The van der Waals surface area contributed by atoms with Crippen molar-refractivity contribution in [1.82, 2.24) is 9.55 Å². The lowest BCUT2D eigenvalue weighted by atomic mass is 9.89. The molecule has 3 aromatic rings. The number of fused-ring (bicyclic) bond motifs is 2. The number of aromatic nitrogens is 2. The minimum atomic E-state index is -0.262. The topological polar surface area (TPSA) is 65.1 Å². The molecule has 0 spiro atoms. The molecular formula is C15H8N2O3. The number of rotatable bonds is 1. The average Bonchev–Trinajstić information content (AvgIpc) is 3.13. The molecule has 0 bridgehead atoms. The van der Waals surface area contributed by atoms with Crippen LogP contribution in [0, 0.1) is 0 Å². The van der Waals surface area contributed by atoms with Gasteiger partial charge in [-0.25, -0.2) is 4.98 Å². The van der Waals surface area contributed by atoms with Crippen LogP contribution in [0.5, 0.6) is 0 Å². The summed E-state index contributed by atoms with van der Waals surface area (Å²) < 4.78 is 7.16. The van der Waals surface area contributed by atoms with Crippen LogP contribution in [0.3, 0.4) is 0 Å². The van der Waals surface area contributed by atoms with Crippen LogP contribution in [0.2, 0.25) is 0 Å². The van der Waals surface area contributed by atoms with Gasteiger partial charge < -0.3 is 4.42 Å². The van der Waals surface area contributed by atoms with Crippen LogP contribution < -0.4 is 0 Å². The lowest BCUT2D eigenvalue weighted by Gasteiger charge is -2.11. The summed E-state index contributed by atoms with van der Waals surface area (Å²) in [6.45, 7) is 0. The fraction of sp³-hybridized carbons (Fsp3) is 0. The van der Waals surface area contributed by atoms with E-state index in [9.17, 15) is 9.59 Å². The summed E-state index contributed by atoms with van der Waals surface area (Å²) in [5.41, 5.74) is 1.11. The maximum absolute atomic E-state index is 12.4. The highest BCUT2D eigenvalue weighted by atomic mass is 16.4. The monoisotopic (exact) mass is 264 g/mol. The Kier molecular flexibility index (Phi) is 2.06. The molecule has 96 valence electrons. The number of benzene rings is 1. The zero-order valence-corrected chi connectivity index (χ0v) is 10.2. The van der Waals surface area contributed by atoms with Gasteiger partial charge in [0.25, 0.3) is 0 Å². The molecule has 2 aromatic heterocycles. The molecule has 0 atom stereocenters. The summed E-state index contributed by atoms with van der Waals surface area (Å²) in [5, 5.41) is 0. The normalized spacial score (nSPS) is 13.2. The van der Waals surface area contributed by atoms with Crippen LogP contribution in [0.15, 0.2) is 53.5 Å². The van der Waals surface area contributed by atoms with Gasteiger partial charge >= 0.3 is 0 Å². The van der Waals surface area contributed by atoms with E-state index < -0.39 is 0 Å². The first kappa shape index (κ1) is 10.9. The van der Waals surface area contributed by atoms with Gasteiger partial charge in [0.1, 0.15) is 6.33 Å². The number of nitrogens with zero attached hydrogens (tertiary/aromatic N) is 2. The molecule has 5 heteroatoms. The lowest BCUT2D eigenvalue weighted by Crippen LogP contribution is -2.18. The Hall–Kier alpha value is -2.95. The number of hydrogen-bond donors (Lipinski definition) is 0. The van der Waals surface area contributed by atoms with Gasteiger partial charge in [0.15, 0.2) is 11.5 Å². The first-order valence-corrected chi connectivity index (χ1v) is 6.06. The van der Waals surface area contributed by atoms with E-state index in [2.05, 4.69) is 4.98 Å². The molecule has 0 saturated heterocycles. The third-order valence-corrected chi connectivity index (χ3v) is 3.35. The molecule has 2 heterocycles. The molecular weight excluding hydrogens is 256 g/mol. The Labute approximate surface area is 113 Å². The van der Waals surface area contributed by atoms with Crippen molar-refractivity contribution in [3.63, 3.8) is 0 Å².